The average molecular weight is 1190 g/mol. The zero-order valence-corrected chi connectivity index (χ0v) is 52.0. The van der Waals surface area contributed by atoms with Crippen molar-refractivity contribution in [3.05, 3.63) is 364 Å². The third kappa shape index (κ3) is 8.72. The van der Waals surface area contributed by atoms with Gasteiger partial charge in [0.05, 0.1) is 5.69 Å². The Morgan fingerprint density at radius 1 is 0.253 bits per heavy atom. The maximum Gasteiger partial charge on any atom is 0.252 e. The van der Waals surface area contributed by atoms with Gasteiger partial charge < -0.3 is 19.1 Å². The minimum Gasteiger partial charge on any atom is -0.456 e. The van der Waals surface area contributed by atoms with Crippen LogP contribution in [-0.4, -0.2) is 22.9 Å². The van der Waals surface area contributed by atoms with Crippen molar-refractivity contribution < 1.29 is 4.42 Å². The number of hydrogen-bond donors (Lipinski definition) is 0. The molecule has 3 heterocycles. The zero-order valence-electron chi connectivity index (χ0n) is 50.0. The molecule has 2 aliphatic heterocycles. The van der Waals surface area contributed by atoms with Crippen LogP contribution in [0, 0.1) is 0 Å². The highest BCUT2D eigenvalue weighted by molar-refractivity contribution is 7.20. The Morgan fingerprint density at radius 2 is 0.626 bits per heavy atom. The van der Waals surface area contributed by atoms with Crippen LogP contribution < -0.4 is 72.6 Å². The maximum atomic E-state index is 6.95. The summed E-state index contributed by atoms with van der Waals surface area (Å²) in [6.07, 6.45) is 0. The smallest absolute Gasteiger partial charge is 0.252 e. The van der Waals surface area contributed by atoms with Gasteiger partial charge in [0.1, 0.15) is 11.2 Å². The summed E-state index contributed by atoms with van der Waals surface area (Å²) in [6, 6.07) is 136. The average Bonchev–Trinajstić information content (AvgIpc) is 1.35. The number of hydrogen-bond acceptors (Lipinski definition) is 4. The first-order valence-corrected chi connectivity index (χ1v) is 35.4. The first kappa shape index (κ1) is 54.0. The van der Waals surface area contributed by atoms with Gasteiger partial charge in [-0.25, -0.2) is 0 Å². The van der Waals surface area contributed by atoms with Crippen LogP contribution in [0.5, 0.6) is 0 Å². The molecule has 91 heavy (non-hydrogen) atoms. The van der Waals surface area contributed by atoms with Crippen LogP contribution in [0.2, 0.25) is 0 Å². The lowest BCUT2D eigenvalue weighted by atomic mass is 9.33. The highest BCUT2D eigenvalue weighted by Gasteiger charge is 2.47. The van der Waals surface area contributed by atoms with Crippen LogP contribution in [0.4, 0.5) is 51.2 Å². The van der Waals surface area contributed by atoms with Crippen LogP contribution in [0.3, 0.4) is 0 Å². The molecule has 4 nitrogen and oxygen atoms in total. The molecule has 0 N–H and O–H groups in total. The molecule has 0 saturated heterocycles. The van der Waals surface area contributed by atoms with Gasteiger partial charge in [-0.15, -0.1) is 0 Å². The van der Waals surface area contributed by atoms with Crippen molar-refractivity contribution in [3.63, 3.8) is 0 Å². The fourth-order valence-corrected chi connectivity index (χ4v) is 24.9. The second-order valence-electron chi connectivity index (χ2n) is 23.9. The van der Waals surface area contributed by atoms with Gasteiger partial charge >= 0.3 is 0 Å². The summed E-state index contributed by atoms with van der Waals surface area (Å²) < 4.78 is 6.95. The van der Waals surface area contributed by atoms with E-state index in [1.165, 1.54) is 57.9 Å². The first-order valence-electron chi connectivity index (χ1n) is 31.4. The maximum absolute atomic E-state index is 6.95. The number of furan rings is 1. The van der Waals surface area contributed by atoms with Gasteiger partial charge in [-0.1, -0.05) is 279 Å². The molecule has 0 atom stereocenters. The Bertz CT molecular complexity index is 4900. The Morgan fingerprint density at radius 3 is 1.08 bits per heavy atom. The van der Waals surface area contributed by atoms with Crippen molar-refractivity contribution in [2.45, 2.75) is 0 Å². The molecule has 0 bridgehead atoms. The van der Waals surface area contributed by atoms with Gasteiger partial charge in [0, 0.05) is 56.3 Å². The first-order chi connectivity index (χ1) is 45.2. The lowest BCUT2D eigenvalue weighted by Crippen LogP contribution is -2.74. The third-order valence-corrected chi connectivity index (χ3v) is 28.6. The van der Waals surface area contributed by atoms with Crippen molar-refractivity contribution in [2.75, 3.05) is 14.7 Å². The van der Waals surface area contributed by atoms with E-state index in [2.05, 4.69) is 379 Å². The second-order valence-corrected chi connectivity index (χ2v) is 31.5. The van der Waals surface area contributed by atoms with E-state index in [4.69, 9.17) is 4.42 Å². The molecule has 7 heteroatoms. The molecule has 14 aromatic carbocycles. The SMILES string of the molecule is c1ccc(N(c2ccccc2)c2cc3c4c(c2)N(c2cccc([Si](c5ccccc5)(c5ccccc5)c5ccccc5)c2)c2cc5c(cc2B4c2ccccc2N3c2cccc([Si](c3ccccc3)(c3ccccc3)c3ccccc3)c2)oc2ccccc25)cc1. The number of fused-ring (bicyclic) bond motifs is 7. The second kappa shape index (κ2) is 22.4. The fourth-order valence-electron chi connectivity index (χ4n) is 15.3. The van der Waals surface area contributed by atoms with Crippen molar-refractivity contribution in [3.8, 4) is 0 Å². The number of nitrogens with zero attached hydrogens (tertiary/aromatic N) is 3. The molecule has 2 aliphatic rings. The molecular weight excluding hydrogens is 1130 g/mol. The largest absolute Gasteiger partial charge is 0.456 e. The molecule has 0 radical (unpaired) electrons. The van der Waals surface area contributed by atoms with Crippen LogP contribution in [0.15, 0.2) is 368 Å². The highest BCUT2D eigenvalue weighted by Crippen LogP contribution is 2.49. The molecule has 0 saturated carbocycles. The molecule has 0 amide bonds. The molecule has 15 aromatic rings. The summed E-state index contributed by atoms with van der Waals surface area (Å²) in [5.74, 6) is 0. The predicted octanol–water partition coefficient (Wildman–Crippen LogP) is 13.9. The summed E-state index contributed by atoms with van der Waals surface area (Å²) in [6.45, 7) is -0.193. The lowest BCUT2D eigenvalue weighted by molar-refractivity contribution is 0.669. The molecule has 428 valence electrons. The van der Waals surface area contributed by atoms with Crippen molar-refractivity contribution in [1.29, 1.82) is 0 Å². The molecule has 17 rings (SSSR count). The summed E-state index contributed by atoms with van der Waals surface area (Å²) in [4.78, 5) is 7.63. The number of rotatable bonds is 13. The van der Waals surface area contributed by atoms with Gasteiger partial charge in [0.15, 0.2) is 16.1 Å². The van der Waals surface area contributed by atoms with Crippen LogP contribution >= 0.6 is 0 Å². The number of para-hydroxylation sites is 4. The Balaban J connectivity index is 0.992. The van der Waals surface area contributed by atoms with E-state index in [9.17, 15) is 0 Å². The summed E-state index contributed by atoms with van der Waals surface area (Å²) in [7, 11) is -6.04. The van der Waals surface area contributed by atoms with E-state index in [-0.39, 0.29) is 6.71 Å². The Hall–Kier alpha value is -11.2. The number of anilines is 9. The van der Waals surface area contributed by atoms with Crippen molar-refractivity contribution in [1.82, 2.24) is 0 Å². The molecule has 0 aliphatic carbocycles. The van der Waals surface area contributed by atoms with Gasteiger partial charge in [-0.05, 0) is 143 Å². The summed E-state index contributed by atoms with van der Waals surface area (Å²) >= 11 is 0. The molecule has 0 spiro atoms. The van der Waals surface area contributed by atoms with Gasteiger partial charge in [-0.2, -0.15) is 0 Å². The lowest BCUT2D eigenvalue weighted by Gasteiger charge is -2.45. The minimum absolute atomic E-state index is 0.193. The minimum atomic E-state index is -3.04. The Labute approximate surface area is 533 Å². The van der Waals surface area contributed by atoms with E-state index in [1.807, 2.05) is 0 Å². The monoisotopic (exact) mass is 1190 g/mol. The van der Waals surface area contributed by atoms with E-state index in [0.29, 0.717) is 0 Å². The third-order valence-electron chi connectivity index (χ3n) is 19.1. The fraction of sp³-hybridized carbons (Fsp3) is 0. The molecular formula is C84H60BN3OSi2. The van der Waals surface area contributed by atoms with Crippen molar-refractivity contribution >= 4 is 154 Å². The van der Waals surface area contributed by atoms with Gasteiger partial charge in [0.25, 0.3) is 6.71 Å². The zero-order chi connectivity index (χ0) is 60.3. The molecule has 1 aromatic heterocycles. The topological polar surface area (TPSA) is 22.9 Å². The molecule has 0 unspecified atom stereocenters. The highest BCUT2D eigenvalue weighted by atomic mass is 28.3. The van der Waals surface area contributed by atoms with E-state index < -0.39 is 16.1 Å². The van der Waals surface area contributed by atoms with Crippen molar-refractivity contribution in [2.24, 2.45) is 0 Å². The summed E-state index contributed by atoms with van der Waals surface area (Å²) in [5.41, 5.74) is 15.2. The Kier molecular flexibility index (Phi) is 13.3. The van der Waals surface area contributed by atoms with Crippen LogP contribution in [0.25, 0.3) is 21.9 Å². The normalized spacial score (nSPS) is 12.5. The van der Waals surface area contributed by atoms with E-state index in [1.54, 1.807) is 0 Å². The summed E-state index contributed by atoms with van der Waals surface area (Å²) in [5, 5.41) is 12.7. The quantitative estimate of drug-likeness (QED) is 0.0848. The number of benzene rings is 14. The van der Waals surface area contributed by atoms with Crippen LogP contribution in [0.1, 0.15) is 0 Å². The van der Waals surface area contributed by atoms with Gasteiger partial charge in [-0.3, -0.25) is 0 Å². The van der Waals surface area contributed by atoms with Gasteiger partial charge in [0.2, 0.25) is 0 Å². The van der Waals surface area contributed by atoms with Crippen LogP contribution in [-0.2, 0) is 0 Å². The van der Waals surface area contributed by atoms with E-state index in [0.717, 1.165) is 73.1 Å². The van der Waals surface area contributed by atoms with E-state index >= 15 is 0 Å². The standard InChI is InChI=1S/C84H60BN3OSi2/c1-9-31-61(32-10-1)86(62-33-11-2-12-34-62)65-57-80-84-81(58-65)88(64-36-30-50-73(56-64)91(69-43-19-6-20-44-69,70-45-21-7-22-46-70)71-47-23-8-24-48-71)79-59-75-74-51-25-28-54-82(74)89-83(75)60-77(79)85(84)76-52-26-27-53-78(76)87(80)63-35-29-49-72(55-63)90(66-37-13-3-14-38-66,67-39-15-4-16-40-67)68-41-17-5-18-42-68/h1-60H. The molecule has 0 fully saturated rings. The predicted molar refractivity (Wildman–Crippen MR) is 390 cm³/mol.